The van der Waals surface area contributed by atoms with Crippen molar-refractivity contribution in [1.82, 2.24) is 15.2 Å². The molecular formula is C14H16N4O. The minimum absolute atomic E-state index is 0.317. The average molecular weight is 256 g/mol. The lowest BCUT2D eigenvalue weighted by Gasteiger charge is -2.06. The molecule has 0 radical (unpaired) electrons. The molecule has 2 aromatic heterocycles. The minimum Gasteiger partial charge on any atom is -0.364 e. The van der Waals surface area contributed by atoms with Crippen LogP contribution in [0.15, 0.2) is 18.3 Å². The molecule has 0 aliphatic heterocycles. The van der Waals surface area contributed by atoms with Crippen LogP contribution in [0.25, 0.3) is 11.1 Å². The van der Waals surface area contributed by atoms with E-state index in [1.807, 2.05) is 19.2 Å². The smallest absolute Gasteiger partial charge is 0.267 e. The average Bonchev–Trinajstić information content (AvgIpc) is 3.15. The van der Waals surface area contributed by atoms with Gasteiger partial charge in [0.15, 0.2) is 0 Å². The molecule has 0 unspecified atom stereocenters. The molecule has 2 heterocycles. The Balaban J connectivity index is 2.10. The van der Waals surface area contributed by atoms with Gasteiger partial charge < -0.3 is 5.73 Å². The van der Waals surface area contributed by atoms with Crippen LogP contribution in [-0.2, 0) is 6.42 Å². The number of hydrogen-bond donors (Lipinski definition) is 2. The predicted molar refractivity (Wildman–Crippen MR) is 71.7 cm³/mol. The molecule has 0 spiro atoms. The van der Waals surface area contributed by atoms with E-state index in [2.05, 4.69) is 15.2 Å². The summed E-state index contributed by atoms with van der Waals surface area (Å²) < 4.78 is 0. The van der Waals surface area contributed by atoms with Crippen molar-refractivity contribution in [3.05, 3.63) is 35.4 Å². The largest absolute Gasteiger partial charge is 0.364 e. The van der Waals surface area contributed by atoms with Gasteiger partial charge in [-0.3, -0.25) is 9.89 Å². The van der Waals surface area contributed by atoms with Gasteiger partial charge >= 0.3 is 0 Å². The highest BCUT2D eigenvalue weighted by Crippen LogP contribution is 2.43. The Labute approximate surface area is 111 Å². The number of rotatable bonds is 4. The summed E-state index contributed by atoms with van der Waals surface area (Å²) in [5.41, 5.74) is 9.71. The topological polar surface area (TPSA) is 84.7 Å². The third-order valence-corrected chi connectivity index (χ3v) is 3.46. The van der Waals surface area contributed by atoms with E-state index >= 15 is 0 Å². The number of nitrogens with zero attached hydrogens (tertiary/aromatic N) is 2. The monoisotopic (exact) mass is 256 g/mol. The minimum atomic E-state index is -0.493. The third kappa shape index (κ3) is 2.23. The van der Waals surface area contributed by atoms with Gasteiger partial charge in [-0.05, 0) is 37.0 Å². The molecule has 2 aromatic rings. The first-order valence-corrected chi connectivity index (χ1v) is 6.53. The van der Waals surface area contributed by atoms with Crippen LogP contribution in [0, 0.1) is 0 Å². The molecule has 0 aromatic carbocycles. The van der Waals surface area contributed by atoms with E-state index in [0.717, 1.165) is 28.9 Å². The Bertz CT molecular complexity index is 628. The standard InChI is InChI=1S/C14H16N4O/c1-2-10-5-9(6-12(17-10)14(15)19)11-7-16-18-13(11)8-3-4-8/h5-8H,2-4H2,1H3,(H2,15,19)(H,16,18). The van der Waals surface area contributed by atoms with E-state index in [-0.39, 0.29) is 0 Å². The Morgan fingerprint density at radius 2 is 2.26 bits per heavy atom. The zero-order chi connectivity index (χ0) is 13.4. The number of carbonyl (C=O) groups is 1. The van der Waals surface area contributed by atoms with Gasteiger partial charge in [-0.1, -0.05) is 6.92 Å². The number of aromatic nitrogens is 3. The third-order valence-electron chi connectivity index (χ3n) is 3.46. The van der Waals surface area contributed by atoms with Gasteiger partial charge in [-0.15, -0.1) is 0 Å². The van der Waals surface area contributed by atoms with Crippen molar-refractivity contribution in [1.29, 1.82) is 0 Å². The number of H-pyrrole nitrogens is 1. The van der Waals surface area contributed by atoms with Gasteiger partial charge in [-0.2, -0.15) is 5.10 Å². The van der Waals surface area contributed by atoms with E-state index in [1.165, 1.54) is 12.8 Å². The molecule has 1 saturated carbocycles. The SMILES string of the molecule is CCc1cc(-c2cn[nH]c2C2CC2)cc(C(N)=O)n1. The predicted octanol–water partition coefficient (Wildman–Crippen LogP) is 2.01. The lowest BCUT2D eigenvalue weighted by molar-refractivity contribution is 0.0995. The van der Waals surface area contributed by atoms with Crippen LogP contribution in [0.4, 0.5) is 0 Å². The molecule has 1 fully saturated rings. The second-order valence-electron chi connectivity index (χ2n) is 4.92. The van der Waals surface area contributed by atoms with Crippen molar-refractivity contribution >= 4 is 5.91 Å². The Morgan fingerprint density at radius 3 is 2.89 bits per heavy atom. The van der Waals surface area contributed by atoms with Crippen molar-refractivity contribution < 1.29 is 4.79 Å². The van der Waals surface area contributed by atoms with Gasteiger partial charge in [-0.25, -0.2) is 4.98 Å². The molecule has 98 valence electrons. The molecule has 3 N–H and O–H groups in total. The van der Waals surface area contributed by atoms with E-state index < -0.39 is 5.91 Å². The molecule has 0 atom stereocenters. The molecule has 1 aliphatic rings. The van der Waals surface area contributed by atoms with Crippen molar-refractivity contribution in [2.75, 3.05) is 0 Å². The normalized spacial score (nSPS) is 14.6. The first-order chi connectivity index (χ1) is 9.19. The fourth-order valence-electron chi connectivity index (χ4n) is 2.26. The lowest BCUT2D eigenvalue weighted by atomic mass is 10.0. The van der Waals surface area contributed by atoms with Crippen LogP contribution in [0.5, 0.6) is 0 Å². The quantitative estimate of drug-likeness (QED) is 0.877. The Kier molecular flexibility index (Phi) is 2.81. The molecule has 3 rings (SSSR count). The maximum absolute atomic E-state index is 11.4. The maximum atomic E-state index is 11.4. The number of aromatic amines is 1. The Hall–Kier alpha value is -2.17. The Morgan fingerprint density at radius 1 is 1.47 bits per heavy atom. The second-order valence-corrected chi connectivity index (χ2v) is 4.92. The van der Waals surface area contributed by atoms with Crippen LogP contribution in [0.1, 0.15) is 47.6 Å². The van der Waals surface area contributed by atoms with Crippen molar-refractivity contribution in [2.24, 2.45) is 5.73 Å². The summed E-state index contributed by atoms with van der Waals surface area (Å²) in [6.07, 6.45) is 4.98. The maximum Gasteiger partial charge on any atom is 0.267 e. The van der Waals surface area contributed by atoms with Crippen LogP contribution in [0.3, 0.4) is 0 Å². The molecular weight excluding hydrogens is 240 g/mol. The highest BCUT2D eigenvalue weighted by Gasteiger charge is 2.28. The van der Waals surface area contributed by atoms with Crippen molar-refractivity contribution in [3.63, 3.8) is 0 Å². The van der Waals surface area contributed by atoms with Gasteiger partial charge in [0.1, 0.15) is 5.69 Å². The number of amides is 1. The number of pyridine rings is 1. The van der Waals surface area contributed by atoms with Crippen molar-refractivity contribution in [3.8, 4) is 11.1 Å². The molecule has 5 heteroatoms. The van der Waals surface area contributed by atoms with Crippen molar-refractivity contribution in [2.45, 2.75) is 32.1 Å². The second kappa shape index (κ2) is 4.50. The van der Waals surface area contributed by atoms with E-state index in [4.69, 9.17) is 5.73 Å². The fourth-order valence-corrected chi connectivity index (χ4v) is 2.26. The zero-order valence-electron chi connectivity index (χ0n) is 10.8. The summed E-state index contributed by atoms with van der Waals surface area (Å²) in [6.45, 7) is 2.01. The molecule has 0 saturated heterocycles. The number of carbonyl (C=O) groups excluding carboxylic acids is 1. The first kappa shape index (κ1) is 11.9. The summed E-state index contributed by atoms with van der Waals surface area (Å²) >= 11 is 0. The summed E-state index contributed by atoms with van der Waals surface area (Å²) in [5, 5.41) is 7.19. The number of aryl methyl sites for hydroxylation is 1. The van der Waals surface area contributed by atoms with Crippen LogP contribution in [-0.4, -0.2) is 21.1 Å². The molecule has 5 nitrogen and oxygen atoms in total. The van der Waals surface area contributed by atoms with Gasteiger partial charge in [0.25, 0.3) is 5.91 Å². The zero-order valence-corrected chi connectivity index (χ0v) is 10.8. The van der Waals surface area contributed by atoms with E-state index in [0.29, 0.717) is 11.6 Å². The highest BCUT2D eigenvalue weighted by atomic mass is 16.1. The summed E-state index contributed by atoms with van der Waals surface area (Å²) in [5.74, 6) is 0.0841. The number of hydrogen-bond acceptors (Lipinski definition) is 3. The lowest BCUT2D eigenvalue weighted by Crippen LogP contribution is -2.14. The summed E-state index contributed by atoms with van der Waals surface area (Å²) in [6, 6.07) is 3.75. The molecule has 0 bridgehead atoms. The number of nitrogens with two attached hydrogens (primary N) is 1. The van der Waals surface area contributed by atoms with Gasteiger partial charge in [0.2, 0.25) is 0 Å². The van der Waals surface area contributed by atoms with E-state index in [1.54, 1.807) is 6.07 Å². The first-order valence-electron chi connectivity index (χ1n) is 6.53. The van der Waals surface area contributed by atoms with Crippen LogP contribution >= 0.6 is 0 Å². The molecule has 19 heavy (non-hydrogen) atoms. The van der Waals surface area contributed by atoms with Gasteiger partial charge in [0, 0.05) is 22.9 Å². The summed E-state index contributed by atoms with van der Waals surface area (Å²) in [4.78, 5) is 15.6. The highest BCUT2D eigenvalue weighted by molar-refractivity contribution is 5.92. The number of primary amides is 1. The van der Waals surface area contributed by atoms with Gasteiger partial charge in [0.05, 0.1) is 6.20 Å². The number of nitrogens with one attached hydrogen (secondary N) is 1. The molecule has 1 aliphatic carbocycles. The van der Waals surface area contributed by atoms with E-state index in [9.17, 15) is 4.79 Å². The van der Waals surface area contributed by atoms with Crippen LogP contribution in [0.2, 0.25) is 0 Å². The molecule has 1 amide bonds. The summed E-state index contributed by atoms with van der Waals surface area (Å²) in [7, 11) is 0. The van der Waals surface area contributed by atoms with Crippen LogP contribution < -0.4 is 5.73 Å². The fraction of sp³-hybridized carbons (Fsp3) is 0.357.